The number of thiophene rings is 1. The summed E-state index contributed by atoms with van der Waals surface area (Å²) in [5, 5.41) is 6.08. The summed E-state index contributed by atoms with van der Waals surface area (Å²) in [5.41, 5.74) is 1.87. The molecule has 2 aromatic heterocycles. The van der Waals surface area contributed by atoms with E-state index < -0.39 is 5.63 Å². The summed E-state index contributed by atoms with van der Waals surface area (Å²) in [6.45, 7) is 4.91. The maximum Gasteiger partial charge on any atom is 0.336 e. The van der Waals surface area contributed by atoms with Gasteiger partial charge < -0.3 is 9.73 Å². The molecule has 1 aromatic carbocycles. The third-order valence-corrected chi connectivity index (χ3v) is 6.11. The second-order valence-electron chi connectivity index (χ2n) is 7.46. The van der Waals surface area contributed by atoms with Crippen molar-refractivity contribution in [2.45, 2.75) is 38.8 Å². The van der Waals surface area contributed by atoms with Crippen LogP contribution in [-0.2, 0) is 17.8 Å². The molecule has 0 saturated carbocycles. The van der Waals surface area contributed by atoms with Crippen LogP contribution in [0.3, 0.4) is 0 Å². The standard InChI is InChI=1S/C22H24N2O3S/c1-15-4-5-19-16(13-22(26)27-20(19)11-15)12-21(25)23-17-6-8-24(9-7-17)14-18-3-2-10-28-18/h2-5,10-11,13,17H,6-9,12,14H2,1H3,(H,23,25). The first kappa shape index (κ1) is 18.9. The molecule has 3 aromatic rings. The summed E-state index contributed by atoms with van der Waals surface area (Å²) in [7, 11) is 0. The number of amides is 1. The summed E-state index contributed by atoms with van der Waals surface area (Å²) >= 11 is 1.79. The van der Waals surface area contributed by atoms with Crippen molar-refractivity contribution >= 4 is 28.2 Å². The minimum atomic E-state index is -0.414. The van der Waals surface area contributed by atoms with E-state index in [2.05, 4.69) is 27.7 Å². The van der Waals surface area contributed by atoms with Gasteiger partial charge in [-0.2, -0.15) is 0 Å². The van der Waals surface area contributed by atoms with Crippen LogP contribution < -0.4 is 10.9 Å². The number of hydrogen-bond acceptors (Lipinski definition) is 5. The number of carbonyl (C=O) groups is 1. The van der Waals surface area contributed by atoms with Crippen LogP contribution in [0.1, 0.15) is 28.8 Å². The number of nitrogens with one attached hydrogen (secondary N) is 1. The minimum Gasteiger partial charge on any atom is -0.423 e. The van der Waals surface area contributed by atoms with Crippen molar-refractivity contribution in [3.8, 4) is 0 Å². The lowest BCUT2D eigenvalue weighted by Crippen LogP contribution is -2.44. The van der Waals surface area contributed by atoms with Crippen LogP contribution in [0.5, 0.6) is 0 Å². The molecule has 0 spiro atoms. The highest BCUT2D eigenvalue weighted by molar-refractivity contribution is 7.09. The van der Waals surface area contributed by atoms with Gasteiger partial charge in [0.1, 0.15) is 5.58 Å². The quantitative estimate of drug-likeness (QED) is 0.671. The zero-order valence-electron chi connectivity index (χ0n) is 15.9. The molecule has 0 unspecified atom stereocenters. The predicted molar refractivity (Wildman–Crippen MR) is 112 cm³/mol. The van der Waals surface area contributed by atoms with Gasteiger partial charge >= 0.3 is 5.63 Å². The van der Waals surface area contributed by atoms with Gasteiger partial charge in [-0.25, -0.2) is 4.79 Å². The molecule has 6 heteroatoms. The van der Waals surface area contributed by atoms with Gasteiger partial charge in [-0.15, -0.1) is 11.3 Å². The fraction of sp³-hybridized carbons (Fsp3) is 0.364. The van der Waals surface area contributed by atoms with E-state index in [0.29, 0.717) is 5.58 Å². The normalized spacial score (nSPS) is 15.8. The molecule has 1 amide bonds. The lowest BCUT2D eigenvalue weighted by Gasteiger charge is -2.32. The number of hydrogen-bond donors (Lipinski definition) is 1. The molecule has 1 aliphatic rings. The number of carbonyl (C=O) groups excluding carboxylic acids is 1. The van der Waals surface area contributed by atoms with E-state index in [1.54, 1.807) is 11.3 Å². The lowest BCUT2D eigenvalue weighted by atomic mass is 10.0. The minimum absolute atomic E-state index is 0.0378. The van der Waals surface area contributed by atoms with E-state index in [9.17, 15) is 9.59 Å². The molecule has 1 N–H and O–H groups in total. The Morgan fingerprint density at radius 2 is 2.07 bits per heavy atom. The highest BCUT2D eigenvalue weighted by Gasteiger charge is 2.21. The maximum atomic E-state index is 12.6. The van der Waals surface area contributed by atoms with Gasteiger partial charge in [-0.3, -0.25) is 9.69 Å². The Balaban J connectivity index is 1.35. The van der Waals surface area contributed by atoms with Crippen molar-refractivity contribution in [1.82, 2.24) is 10.2 Å². The zero-order chi connectivity index (χ0) is 19.5. The fourth-order valence-electron chi connectivity index (χ4n) is 3.79. The van der Waals surface area contributed by atoms with Crippen LogP contribution in [-0.4, -0.2) is 29.9 Å². The Kier molecular flexibility index (Phi) is 5.59. The smallest absolute Gasteiger partial charge is 0.336 e. The highest BCUT2D eigenvalue weighted by Crippen LogP contribution is 2.20. The van der Waals surface area contributed by atoms with E-state index in [1.807, 2.05) is 25.1 Å². The topological polar surface area (TPSA) is 62.6 Å². The Labute approximate surface area is 168 Å². The molecule has 4 rings (SSSR count). The number of fused-ring (bicyclic) bond motifs is 1. The molecule has 0 radical (unpaired) electrons. The average molecular weight is 397 g/mol. The molecule has 146 valence electrons. The van der Waals surface area contributed by atoms with Gasteiger partial charge in [0.05, 0.1) is 6.42 Å². The van der Waals surface area contributed by atoms with E-state index in [1.165, 1.54) is 10.9 Å². The molecule has 1 fully saturated rings. The molecule has 28 heavy (non-hydrogen) atoms. The molecule has 1 aliphatic heterocycles. The van der Waals surface area contributed by atoms with Crippen LogP contribution in [0, 0.1) is 6.92 Å². The van der Waals surface area contributed by atoms with E-state index in [0.717, 1.165) is 49.0 Å². The molecule has 1 saturated heterocycles. The van der Waals surface area contributed by atoms with Gasteiger partial charge in [0.25, 0.3) is 0 Å². The van der Waals surface area contributed by atoms with Gasteiger partial charge in [0, 0.05) is 42.0 Å². The largest absolute Gasteiger partial charge is 0.423 e. The molecule has 0 bridgehead atoms. The van der Waals surface area contributed by atoms with Crippen molar-refractivity contribution in [3.05, 3.63) is 68.2 Å². The summed E-state index contributed by atoms with van der Waals surface area (Å²) < 4.78 is 5.28. The van der Waals surface area contributed by atoms with Crippen molar-refractivity contribution < 1.29 is 9.21 Å². The second kappa shape index (κ2) is 8.29. The summed E-state index contributed by atoms with van der Waals surface area (Å²) in [4.78, 5) is 28.3. The van der Waals surface area contributed by atoms with Gasteiger partial charge in [0.15, 0.2) is 0 Å². The van der Waals surface area contributed by atoms with Gasteiger partial charge in [0.2, 0.25) is 5.91 Å². The fourth-order valence-corrected chi connectivity index (χ4v) is 4.54. The van der Waals surface area contributed by atoms with Gasteiger partial charge in [-0.05, 0) is 48.4 Å². The predicted octanol–water partition coefficient (Wildman–Crippen LogP) is 3.49. The number of benzene rings is 1. The first-order valence-electron chi connectivity index (χ1n) is 9.64. The lowest BCUT2D eigenvalue weighted by molar-refractivity contribution is -0.121. The Morgan fingerprint density at radius 3 is 2.82 bits per heavy atom. The Morgan fingerprint density at radius 1 is 1.25 bits per heavy atom. The SMILES string of the molecule is Cc1ccc2c(CC(=O)NC3CCN(Cc4cccs4)CC3)cc(=O)oc2c1. The highest BCUT2D eigenvalue weighted by atomic mass is 32.1. The van der Waals surface area contributed by atoms with Crippen LogP contribution >= 0.6 is 11.3 Å². The number of rotatable bonds is 5. The van der Waals surface area contributed by atoms with Gasteiger partial charge in [-0.1, -0.05) is 18.2 Å². The Bertz CT molecular complexity index is 1020. The van der Waals surface area contributed by atoms with Crippen LogP contribution in [0.4, 0.5) is 0 Å². The average Bonchev–Trinajstić information content (AvgIpc) is 3.16. The first-order valence-corrected chi connectivity index (χ1v) is 10.5. The molecular weight excluding hydrogens is 372 g/mol. The van der Waals surface area contributed by atoms with Crippen molar-refractivity contribution in [2.24, 2.45) is 0 Å². The molecule has 0 aliphatic carbocycles. The number of piperidine rings is 1. The van der Waals surface area contributed by atoms with Crippen LogP contribution in [0.25, 0.3) is 11.0 Å². The summed E-state index contributed by atoms with van der Waals surface area (Å²) in [5.74, 6) is -0.0378. The first-order chi connectivity index (χ1) is 13.6. The number of nitrogens with zero attached hydrogens (tertiary/aromatic N) is 1. The summed E-state index contributed by atoms with van der Waals surface area (Å²) in [6.07, 6.45) is 2.10. The van der Waals surface area contributed by atoms with E-state index in [4.69, 9.17) is 4.42 Å². The third kappa shape index (κ3) is 4.51. The van der Waals surface area contributed by atoms with Crippen LogP contribution in [0.15, 0.2) is 51.0 Å². The number of likely N-dealkylation sites (tertiary alicyclic amines) is 1. The van der Waals surface area contributed by atoms with Crippen molar-refractivity contribution in [2.75, 3.05) is 13.1 Å². The van der Waals surface area contributed by atoms with E-state index >= 15 is 0 Å². The summed E-state index contributed by atoms with van der Waals surface area (Å²) in [6, 6.07) is 11.6. The molecular formula is C22H24N2O3S. The molecule has 3 heterocycles. The molecule has 0 atom stereocenters. The number of aryl methyl sites for hydroxylation is 1. The third-order valence-electron chi connectivity index (χ3n) is 5.25. The monoisotopic (exact) mass is 396 g/mol. The zero-order valence-corrected chi connectivity index (χ0v) is 16.8. The van der Waals surface area contributed by atoms with Crippen LogP contribution in [0.2, 0.25) is 0 Å². The maximum absolute atomic E-state index is 12.6. The molecule has 5 nitrogen and oxygen atoms in total. The van der Waals surface area contributed by atoms with E-state index in [-0.39, 0.29) is 18.4 Å². The second-order valence-corrected chi connectivity index (χ2v) is 8.50. The Hall–Kier alpha value is -2.44. The van der Waals surface area contributed by atoms with Crippen molar-refractivity contribution in [3.63, 3.8) is 0 Å². The van der Waals surface area contributed by atoms with Crippen molar-refractivity contribution in [1.29, 1.82) is 0 Å².